The number of halogens is 1. The fourth-order valence-electron chi connectivity index (χ4n) is 2.49. The second-order valence-electron chi connectivity index (χ2n) is 4.79. The maximum absolute atomic E-state index is 13.3. The molecule has 106 valence electrons. The number of likely N-dealkylation sites (tertiary alicyclic amines) is 1. The number of hydrogen-bond acceptors (Lipinski definition) is 3. The van der Waals surface area contributed by atoms with Gasteiger partial charge < -0.3 is 10.8 Å². The quantitative estimate of drug-likeness (QED) is 0.795. The van der Waals surface area contributed by atoms with E-state index < -0.39 is 0 Å². The summed E-state index contributed by atoms with van der Waals surface area (Å²) >= 11 is 0. The van der Waals surface area contributed by atoms with Gasteiger partial charge in [-0.3, -0.25) is 9.69 Å². The molecule has 0 aliphatic carbocycles. The number of carbonyl (C=O) groups excluding carboxylic acids is 1. The average Bonchev–Trinajstić information content (AvgIpc) is 2.87. The second-order valence-corrected chi connectivity index (χ2v) is 4.79. The summed E-state index contributed by atoms with van der Waals surface area (Å²) in [4.78, 5) is 13.4. The van der Waals surface area contributed by atoms with E-state index in [2.05, 4.69) is 11.8 Å². The van der Waals surface area contributed by atoms with E-state index in [1.165, 1.54) is 12.1 Å². The van der Waals surface area contributed by atoms with Gasteiger partial charge in [0.1, 0.15) is 12.4 Å². The van der Waals surface area contributed by atoms with Crippen LogP contribution in [-0.4, -0.2) is 35.1 Å². The number of rotatable bonds is 3. The number of carbonyl (C=O) groups is 1. The molecule has 1 aliphatic rings. The second kappa shape index (κ2) is 6.51. The molecule has 0 bridgehead atoms. The summed E-state index contributed by atoms with van der Waals surface area (Å²) in [5.74, 6) is 4.56. The lowest BCUT2D eigenvalue weighted by atomic mass is 10.1. The van der Waals surface area contributed by atoms with E-state index >= 15 is 0 Å². The summed E-state index contributed by atoms with van der Waals surface area (Å²) in [5, 5.41) is 8.75. The largest absolute Gasteiger partial charge is 0.384 e. The van der Waals surface area contributed by atoms with E-state index in [0.29, 0.717) is 12.1 Å². The maximum atomic E-state index is 13.3. The molecule has 1 amide bonds. The van der Waals surface area contributed by atoms with Crippen molar-refractivity contribution in [2.24, 2.45) is 5.73 Å². The van der Waals surface area contributed by atoms with Crippen LogP contribution in [0.15, 0.2) is 18.2 Å². The Morgan fingerprint density at radius 3 is 3.05 bits per heavy atom. The maximum Gasteiger partial charge on any atom is 0.234 e. The van der Waals surface area contributed by atoms with Gasteiger partial charge in [-0.15, -0.1) is 0 Å². The molecule has 5 heteroatoms. The Bertz CT molecular complexity index is 563. The zero-order chi connectivity index (χ0) is 14.5. The molecule has 0 aromatic heterocycles. The van der Waals surface area contributed by atoms with Crippen molar-refractivity contribution in [3.8, 4) is 11.8 Å². The first-order valence-electron chi connectivity index (χ1n) is 6.53. The molecular weight excluding hydrogens is 259 g/mol. The molecule has 20 heavy (non-hydrogen) atoms. The average molecular weight is 276 g/mol. The lowest BCUT2D eigenvalue weighted by Crippen LogP contribution is -2.39. The van der Waals surface area contributed by atoms with Gasteiger partial charge >= 0.3 is 0 Å². The van der Waals surface area contributed by atoms with Gasteiger partial charge in [0.05, 0.1) is 6.04 Å². The minimum atomic E-state index is -0.371. The summed E-state index contributed by atoms with van der Waals surface area (Å²) in [6.45, 7) is 1.02. The smallest absolute Gasteiger partial charge is 0.234 e. The summed E-state index contributed by atoms with van der Waals surface area (Å²) < 4.78 is 13.3. The van der Waals surface area contributed by atoms with E-state index in [9.17, 15) is 9.18 Å². The van der Waals surface area contributed by atoms with E-state index in [-0.39, 0.29) is 24.4 Å². The first-order valence-corrected chi connectivity index (χ1v) is 6.53. The highest BCUT2D eigenvalue weighted by atomic mass is 19.1. The number of primary amides is 1. The Morgan fingerprint density at radius 2 is 2.35 bits per heavy atom. The van der Waals surface area contributed by atoms with E-state index in [4.69, 9.17) is 10.8 Å². The third kappa shape index (κ3) is 3.35. The first kappa shape index (κ1) is 14.5. The van der Waals surface area contributed by atoms with Crippen LogP contribution < -0.4 is 5.73 Å². The topological polar surface area (TPSA) is 66.6 Å². The van der Waals surface area contributed by atoms with Gasteiger partial charge in [-0.25, -0.2) is 4.39 Å². The van der Waals surface area contributed by atoms with Crippen molar-refractivity contribution >= 4 is 5.91 Å². The van der Waals surface area contributed by atoms with Crippen LogP contribution in [-0.2, 0) is 11.3 Å². The lowest BCUT2D eigenvalue weighted by molar-refractivity contribution is -0.122. The van der Waals surface area contributed by atoms with Gasteiger partial charge in [-0.2, -0.15) is 0 Å². The SMILES string of the molecule is NC(=O)C1CCCN1Cc1ccc(F)cc1C#CCO. The fraction of sp³-hybridized carbons (Fsp3) is 0.400. The van der Waals surface area contributed by atoms with Crippen molar-refractivity contribution in [3.63, 3.8) is 0 Å². The van der Waals surface area contributed by atoms with Crippen LogP contribution in [0.4, 0.5) is 4.39 Å². The number of hydrogen-bond donors (Lipinski definition) is 2. The van der Waals surface area contributed by atoms with Crippen molar-refractivity contribution < 1.29 is 14.3 Å². The van der Waals surface area contributed by atoms with Crippen LogP contribution in [0.5, 0.6) is 0 Å². The molecule has 3 N–H and O–H groups in total. The van der Waals surface area contributed by atoms with Gasteiger partial charge in [0.15, 0.2) is 0 Å². The van der Waals surface area contributed by atoms with Gasteiger partial charge in [-0.05, 0) is 37.1 Å². The van der Waals surface area contributed by atoms with Crippen molar-refractivity contribution in [2.45, 2.75) is 25.4 Å². The fourth-order valence-corrected chi connectivity index (χ4v) is 2.49. The van der Waals surface area contributed by atoms with Crippen LogP contribution in [0.1, 0.15) is 24.0 Å². The molecule has 0 radical (unpaired) electrons. The molecule has 1 atom stereocenters. The third-order valence-electron chi connectivity index (χ3n) is 3.44. The van der Waals surface area contributed by atoms with E-state index in [1.807, 2.05) is 4.90 Å². The minimum absolute atomic E-state index is 0.265. The number of aliphatic hydroxyl groups is 1. The number of benzene rings is 1. The molecule has 0 saturated carbocycles. The zero-order valence-electron chi connectivity index (χ0n) is 11.1. The molecule has 2 rings (SSSR count). The molecule has 1 saturated heterocycles. The summed E-state index contributed by atoms with van der Waals surface area (Å²) in [5.41, 5.74) is 6.75. The van der Waals surface area contributed by atoms with Gasteiger partial charge in [0.2, 0.25) is 5.91 Å². The predicted molar refractivity (Wildman–Crippen MR) is 73.0 cm³/mol. The molecule has 1 fully saturated rings. The Balaban J connectivity index is 2.22. The van der Waals surface area contributed by atoms with Crippen LogP contribution in [0.2, 0.25) is 0 Å². The predicted octanol–water partition coefficient (Wildman–Crippen LogP) is 0.619. The lowest BCUT2D eigenvalue weighted by Gasteiger charge is -2.22. The summed E-state index contributed by atoms with van der Waals surface area (Å²) in [7, 11) is 0. The molecule has 1 aromatic rings. The van der Waals surface area contributed by atoms with Crippen molar-refractivity contribution in [3.05, 3.63) is 35.1 Å². The Morgan fingerprint density at radius 1 is 1.55 bits per heavy atom. The summed E-state index contributed by atoms with van der Waals surface area (Å²) in [6.07, 6.45) is 1.68. The Hall–Kier alpha value is -1.90. The molecule has 0 spiro atoms. The Labute approximate surface area is 117 Å². The number of aliphatic hydroxyl groups excluding tert-OH is 1. The van der Waals surface area contributed by atoms with Gasteiger partial charge in [0.25, 0.3) is 0 Å². The highest BCUT2D eigenvalue weighted by molar-refractivity contribution is 5.80. The highest BCUT2D eigenvalue weighted by Gasteiger charge is 2.29. The van der Waals surface area contributed by atoms with Crippen molar-refractivity contribution in [1.82, 2.24) is 4.90 Å². The van der Waals surface area contributed by atoms with Gasteiger partial charge in [-0.1, -0.05) is 17.9 Å². The normalized spacial score (nSPS) is 18.6. The molecule has 1 heterocycles. The summed E-state index contributed by atoms with van der Waals surface area (Å²) in [6, 6.07) is 4.11. The van der Waals surface area contributed by atoms with Gasteiger partial charge in [0, 0.05) is 12.1 Å². The van der Waals surface area contributed by atoms with Crippen molar-refractivity contribution in [1.29, 1.82) is 0 Å². The highest BCUT2D eigenvalue weighted by Crippen LogP contribution is 2.21. The van der Waals surface area contributed by atoms with E-state index in [0.717, 1.165) is 24.9 Å². The molecule has 1 aliphatic heterocycles. The molecular formula is C15H17FN2O2. The molecule has 1 aromatic carbocycles. The van der Waals surface area contributed by atoms with Crippen molar-refractivity contribution in [2.75, 3.05) is 13.2 Å². The van der Waals surface area contributed by atoms with Crippen LogP contribution in [0, 0.1) is 17.7 Å². The molecule has 1 unspecified atom stereocenters. The molecule has 4 nitrogen and oxygen atoms in total. The van der Waals surface area contributed by atoms with Crippen LogP contribution in [0.25, 0.3) is 0 Å². The third-order valence-corrected chi connectivity index (χ3v) is 3.44. The zero-order valence-corrected chi connectivity index (χ0v) is 11.1. The Kier molecular flexibility index (Phi) is 4.72. The number of nitrogens with zero attached hydrogens (tertiary/aromatic N) is 1. The van der Waals surface area contributed by atoms with Crippen LogP contribution >= 0.6 is 0 Å². The minimum Gasteiger partial charge on any atom is -0.384 e. The monoisotopic (exact) mass is 276 g/mol. The van der Waals surface area contributed by atoms with Crippen LogP contribution in [0.3, 0.4) is 0 Å². The van der Waals surface area contributed by atoms with E-state index in [1.54, 1.807) is 6.07 Å². The standard InChI is InChI=1S/C15H17FN2O2/c16-13-6-5-12(11(9-13)3-2-8-19)10-18-7-1-4-14(18)15(17)20/h5-6,9,14,19H,1,4,7-8,10H2,(H2,17,20). The number of nitrogens with two attached hydrogens (primary N) is 1. The number of amides is 1. The first-order chi connectivity index (χ1) is 9.61.